The van der Waals surface area contributed by atoms with Crippen molar-refractivity contribution in [1.29, 1.82) is 0 Å². The fourth-order valence-corrected chi connectivity index (χ4v) is 6.99. The van der Waals surface area contributed by atoms with Crippen LogP contribution in [-0.4, -0.2) is 21.9 Å². The van der Waals surface area contributed by atoms with Crippen molar-refractivity contribution >= 4 is 9.52 Å². The second-order valence-electron chi connectivity index (χ2n) is 8.21. The van der Waals surface area contributed by atoms with Gasteiger partial charge in [-0.3, -0.25) is 0 Å². The van der Waals surface area contributed by atoms with Crippen LogP contribution in [0.15, 0.2) is 30.3 Å². The summed E-state index contributed by atoms with van der Waals surface area (Å²) >= 11 is 0. The summed E-state index contributed by atoms with van der Waals surface area (Å²) in [5.74, 6) is 0. The Bertz CT molecular complexity index is 437. The Kier molecular flexibility index (Phi) is 8.55. The minimum Gasteiger partial charge on any atom is -0.382 e. The quantitative estimate of drug-likeness (QED) is 0.384. The van der Waals surface area contributed by atoms with E-state index < -0.39 is 0 Å². The second-order valence-corrected chi connectivity index (χ2v) is 10.6. The van der Waals surface area contributed by atoms with Gasteiger partial charge in [0.1, 0.15) is 0 Å². The Labute approximate surface area is 152 Å². The van der Waals surface area contributed by atoms with Gasteiger partial charge in [-0.05, 0) is 35.8 Å². The first-order valence-corrected chi connectivity index (χ1v) is 11.9. The lowest BCUT2D eigenvalue weighted by molar-refractivity contribution is 0.0634. The van der Waals surface area contributed by atoms with Gasteiger partial charge in [-0.2, -0.15) is 0 Å². The summed E-state index contributed by atoms with van der Waals surface area (Å²) in [5, 5.41) is 0. The predicted octanol–water partition coefficient (Wildman–Crippen LogP) is 5.81. The van der Waals surface area contributed by atoms with Crippen LogP contribution in [0.2, 0.25) is 5.54 Å². The molecular weight excluding hydrogens is 308 g/mol. The summed E-state index contributed by atoms with van der Waals surface area (Å²) in [6.07, 6.45) is 12.3. The van der Waals surface area contributed by atoms with Crippen LogP contribution in [0, 0.1) is 0 Å². The van der Waals surface area contributed by atoms with Gasteiger partial charge in [0.25, 0.3) is 0 Å². The van der Waals surface area contributed by atoms with E-state index in [4.69, 9.17) is 4.74 Å². The zero-order valence-corrected chi connectivity index (χ0v) is 17.6. The van der Waals surface area contributed by atoms with E-state index in [0.29, 0.717) is 11.1 Å². The summed E-state index contributed by atoms with van der Waals surface area (Å²) in [4.78, 5) is 0. The average Bonchev–Trinajstić information content (AvgIpc) is 2.62. The molecule has 1 aliphatic rings. The molecule has 0 radical (unpaired) electrons. The molecule has 1 aromatic rings. The van der Waals surface area contributed by atoms with Crippen molar-refractivity contribution < 1.29 is 4.74 Å². The SMILES string of the molecule is CCCCCCCC([SiH2]C1CCCCO1)C(C)(C)c1ccccc1. The Hall–Kier alpha value is -0.603. The molecule has 0 bridgehead atoms. The topological polar surface area (TPSA) is 9.23 Å². The Morgan fingerprint density at radius 2 is 1.83 bits per heavy atom. The van der Waals surface area contributed by atoms with Crippen molar-refractivity contribution in [3.63, 3.8) is 0 Å². The minimum absolute atomic E-state index is 0.230. The molecule has 2 rings (SSSR count). The number of hydrogen-bond donors (Lipinski definition) is 0. The number of unbranched alkanes of at least 4 members (excludes halogenated alkanes) is 4. The van der Waals surface area contributed by atoms with E-state index >= 15 is 0 Å². The van der Waals surface area contributed by atoms with Crippen molar-refractivity contribution in [3.05, 3.63) is 35.9 Å². The van der Waals surface area contributed by atoms with E-state index in [1.807, 2.05) is 0 Å². The van der Waals surface area contributed by atoms with E-state index in [0.717, 1.165) is 12.1 Å². The van der Waals surface area contributed by atoms with Crippen molar-refractivity contribution in [2.24, 2.45) is 0 Å². The van der Waals surface area contributed by atoms with Gasteiger partial charge in [0.05, 0.1) is 9.52 Å². The second kappa shape index (κ2) is 10.4. The van der Waals surface area contributed by atoms with Gasteiger partial charge in [-0.1, -0.05) is 89.6 Å². The highest BCUT2D eigenvalue weighted by molar-refractivity contribution is 6.39. The Balaban J connectivity index is 1.99. The third-order valence-corrected chi connectivity index (χ3v) is 9.18. The molecule has 2 unspecified atom stereocenters. The van der Waals surface area contributed by atoms with Crippen LogP contribution in [0.1, 0.15) is 84.1 Å². The van der Waals surface area contributed by atoms with Gasteiger partial charge in [-0.25, -0.2) is 0 Å². The van der Waals surface area contributed by atoms with Gasteiger partial charge in [0.15, 0.2) is 0 Å². The van der Waals surface area contributed by atoms with Gasteiger partial charge < -0.3 is 4.74 Å². The zero-order valence-electron chi connectivity index (χ0n) is 16.2. The number of ether oxygens (including phenoxy) is 1. The van der Waals surface area contributed by atoms with E-state index in [1.165, 1.54) is 63.4 Å². The van der Waals surface area contributed by atoms with Gasteiger partial charge in [0, 0.05) is 12.3 Å². The molecule has 2 heteroatoms. The summed E-state index contributed by atoms with van der Waals surface area (Å²) in [6.45, 7) is 8.27. The molecule has 0 spiro atoms. The smallest absolute Gasteiger partial charge is 0.0595 e. The van der Waals surface area contributed by atoms with Crippen molar-refractivity contribution in [2.75, 3.05) is 6.61 Å². The van der Waals surface area contributed by atoms with Crippen LogP contribution < -0.4 is 0 Å². The molecule has 0 N–H and O–H groups in total. The Morgan fingerprint density at radius 1 is 1.08 bits per heavy atom. The molecule has 1 aromatic carbocycles. The Morgan fingerprint density at radius 3 is 2.50 bits per heavy atom. The van der Waals surface area contributed by atoms with E-state index in [2.05, 4.69) is 51.1 Å². The van der Waals surface area contributed by atoms with Gasteiger partial charge in [0.2, 0.25) is 0 Å². The lowest BCUT2D eigenvalue weighted by Crippen LogP contribution is -2.36. The van der Waals surface area contributed by atoms with Crippen LogP contribution in [0.4, 0.5) is 0 Å². The molecule has 0 aliphatic carbocycles. The summed E-state index contributed by atoms with van der Waals surface area (Å²) < 4.78 is 6.15. The van der Waals surface area contributed by atoms with Crippen molar-refractivity contribution in [1.82, 2.24) is 0 Å². The van der Waals surface area contributed by atoms with Crippen LogP contribution >= 0.6 is 0 Å². The predicted molar refractivity (Wildman–Crippen MR) is 109 cm³/mol. The summed E-state index contributed by atoms with van der Waals surface area (Å²) in [5.41, 5.74) is 3.29. The molecular formula is C22H38OSi. The van der Waals surface area contributed by atoms with E-state index in [9.17, 15) is 0 Å². The molecule has 1 nitrogen and oxygen atoms in total. The zero-order chi connectivity index (χ0) is 17.3. The van der Waals surface area contributed by atoms with E-state index in [1.54, 1.807) is 0 Å². The largest absolute Gasteiger partial charge is 0.382 e. The third-order valence-electron chi connectivity index (χ3n) is 6.02. The maximum absolute atomic E-state index is 6.15. The molecule has 1 saturated heterocycles. The van der Waals surface area contributed by atoms with Gasteiger partial charge >= 0.3 is 0 Å². The fraction of sp³-hybridized carbons (Fsp3) is 0.727. The normalized spacial score (nSPS) is 20.5. The van der Waals surface area contributed by atoms with Crippen LogP contribution in [-0.2, 0) is 10.2 Å². The monoisotopic (exact) mass is 346 g/mol. The summed E-state index contributed by atoms with van der Waals surface area (Å²) in [6, 6.07) is 11.2. The minimum atomic E-state index is -0.230. The molecule has 0 aromatic heterocycles. The molecule has 0 saturated carbocycles. The van der Waals surface area contributed by atoms with Crippen LogP contribution in [0.5, 0.6) is 0 Å². The fourth-order valence-electron chi connectivity index (χ4n) is 4.18. The lowest BCUT2D eigenvalue weighted by atomic mass is 9.79. The first-order valence-electron chi connectivity index (χ1n) is 10.3. The third kappa shape index (κ3) is 6.04. The van der Waals surface area contributed by atoms with E-state index in [-0.39, 0.29) is 9.52 Å². The highest BCUT2D eigenvalue weighted by Crippen LogP contribution is 2.40. The molecule has 0 amide bonds. The molecule has 136 valence electrons. The maximum Gasteiger partial charge on any atom is 0.0595 e. The molecule has 24 heavy (non-hydrogen) atoms. The molecule has 1 fully saturated rings. The van der Waals surface area contributed by atoms with Crippen molar-refractivity contribution in [2.45, 2.75) is 95.2 Å². The first kappa shape index (κ1) is 19.7. The number of hydrogen-bond acceptors (Lipinski definition) is 1. The summed E-state index contributed by atoms with van der Waals surface area (Å²) in [7, 11) is -0.230. The highest BCUT2D eigenvalue weighted by Gasteiger charge is 2.33. The maximum atomic E-state index is 6.15. The molecule has 2 atom stereocenters. The average molecular weight is 347 g/mol. The van der Waals surface area contributed by atoms with Gasteiger partial charge in [-0.15, -0.1) is 0 Å². The van der Waals surface area contributed by atoms with Crippen LogP contribution in [0.25, 0.3) is 0 Å². The highest BCUT2D eigenvalue weighted by atomic mass is 28.2. The lowest BCUT2D eigenvalue weighted by Gasteiger charge is -2.38. The molecule has 1 heterocycles. The standard InChI is InChI=1S/C22H38OSi/c1-4-5-6-7-11-16-20(24-21-17-12-13-18-23-21)22(2,3)19-14-9-8-10-15-19/h8-10,14-15,20-21H,4-7,11-13,16-18,24H2,1-3H3. The van der Waals surface area contributed by atoms with Crippen LogP contribution in [0.3, 0.4) is 0 Å². The molecule has 1 aliphatic heterocycles. The van der Waals surface area contributed by atoms with Crippen molar-refractivity contribution in [3.8, 4) is 0 Å². The number of rotatable bonds is 10. The number of benzene rings is 1. The first-order chi connectivity index (χ1) is 11.6.